The maximum Gasteiger partial charge on any atom is 0.319 e. The molecule has 0 spiro atoms. The summed E-state index contributed by atoms with van der Waals surface area (Å²) in [5.41, 5.74) is 0.937. The van der Waals surface area contributed by atoms with E-state index < -0.39 is 0 Å². The summed E-state index contributed by atoms with van der Waals surface area (Å²) in [5.74, 6) is -0.161. The first-order chi connectivity index (χ1) is 10.3. The number of amides is 3. The van der Waals surface area contributed by atoms with Crippen molar-refractivity contribution in [3.63, 3.8) is 0 Å². The maximum atomic E-state index is 12.0. The molecule has 22 heavy (non-hydrogen) atoms. The van der Waals surface area contributed by atoms with Crippen LogP contribution >= 0.6 is 11.3 Å². The number of carbonyl (C=O) groups is 2. The van der Waals surface area contributed by atoms with Crippen LogP contribution in [0.15, 0.2) is 41.8 Å². The average molecular weight is 317 g/mol. The van der Waals surface area contributed by atoms with Crippen LogP contribution in [0, 0.1) is 0 Å². The summed E-state index contributed by atoms with van der Waals surface area (Å²) >= 11 is 1.38. The van der Waals surface area contributed by atoms with Gasteiger partial charge in [0.2, 0.25) is 0 Å². The molecular formula is C16H19N3O2S. The summed E-state index contributed by atoms with van der Waals surface area (Å²) in [6.45, 7) is 5.72. The number of nitrogens with one attached hydrogen (secondary N) is 3. The number of hydrogen-bond acceptors (Lipinski definition) is 3. The zero-order valence-corrected chi connectivity index (χ0v) is 13.6. The Morgan fingerprint density at radius 3 is 2.27 bits per heavy atom. The summed E-state index contributed by atoms with van der Waals surface area (Å²) < 4.78 is 0. The van der Waals surface area contributed by atoms with Crippen molar-refractivity contribution in [2.75, 3.05) is 10.6 Å². The van der Waals surface area contributed by atoms with Crippen molar-refractivity contribution in [2.24, 2.45) is 0 Å². The van der Waals surface area contributed by atoms with E-state index >= 15 is 0 Å². The number of benzene rings is 1. The van der Waals surface area contributed by atoms with Crippen LogP contribution in [-0.4, -0.2) is 17.5 Å². The highest BCUT2D eigenvalue weighted by Crippen LogP contribution is 2.17. The van der Waals surface area contributed by atoms with Crippen molar-refractivity contribution < 1.29 is 9.59 Å². The number of thiophene rings is 1. The van der Waals surface area contributed by atoms with Crippen LogP contribution in [0.1, 0.15) is 30.4 Å². The average Bonchev–Trinajstić information content (AvgIpc) is 2.90. The van der Waals surface area contributed by atoms with Crippen molar-refractivity contribution in [3.05, 3.63) is 46.7 Å². The quantitative estimate of drug-likeness (QED) is 0.803. The second-order valence-corrected chi connectivity index (χ2v) is 6.79. The Morgan fingerprint density at radius 1 is 1.00 bits per heavy atom. The lowest BCUT2D eigenvalue weighted by molar-refractivity contribution is 0.103. The first kappa shape index (κ1) is 16.0. The second-order valence-electron chi connectivity index (χ2n) is 5.84. The molecule has 0 saturated carbocycles. The third-order valence-electron chi connectivity index (χ3n) is 2.61. The van der Waals surface area contributed by atoms with Crippen molar-refractivity contribution in [3.8, 4) is 0 Å². The molecule has 0 aliphatic heterocycles. The highest BCUT2D eigenvalue weighted by molar-refractivity contribution is 7.12. The molecule has 5 nitrogen and oxygen atoms in total. The molecule has 6 heteroatoms. The molecule has 0 aliphatic carbocycles. The molecule has 0 atom stereocenters. The fourth-order valence-electron chi connectivity index (χ4n) is 1.78. The lowest BCUT2D eigenvalue weighted by Gasteiger charge is -2.20. The van der Waals surface area contributed by atoms with E-state index in [1.165, 1.54) is 11.3 Å². The lowest BCUT2D eigenvalue weighted by Crippen LogP contribution is -2.43. The van der Waals surface area contributed by atoms with Crippen LogP contribution < -0.4 is 16.0 Å². The normalized spacial score (nSPS) is 10.9. The van der Waals surface area contributed by atoms with Gasteiger partial charge < -0.3 is 16.0 Å². The molecule has 0 fully saturated rings. The van der Waals surface area contributed by atoms with Gasteiger partial charge in [-0.25, -0.2) is 4.79 Å². The fraction of sp³-hybridized carbons (Fsp3) is 0.250. The van der Waals surface area contributed by atoms with Crippen LogP contribution in [0.3, 0.4) is 0 Å². The van der Waals surface area contributed by atoms with E-state index in [1.54, 1.807) is 30.3 Å². The molecule has 2 aromatic rings. The monoisotopic (exact) mass is 317 g/mol. The molecule has 2 rings (SSSR count). The van der Waals surface area contributed by atoms with Crippen LogP contribution in [0.5, 0.6) is 0 Å². The van der Waals surface area contributed by atoms with E-state index in [4.69, 9.17) is 0 Å². The predicted molar refractivity (Wildman–Crippen MR) is 90.6 cm³/mol. The Labute approximate surface area is 133 Å². The highest BCUT2D eigenvalue weighted by Gasteiger charge is 2.14. The molecule has 1 heterocycles. The summed E-state index contributed by atoms with van der Waals surface area (Å²) in [7, 11) is 0. The van der Waals surface area contributed by atoms with Gasteiger partial charge in [0, 0.05) is 16.9 Å². The van der Waals surface area contributed by atoms with Crippen molar-refractivity contribution in [2.45, 2.75) is 26.3 Å². The number of carbonyl (C=O) groups excluding carboxylic acids is 2. The molecule has 3 N–H and O–H groups in total. The molecule has 1 aromatic carbocycles. The van der Waals surface area contributed by atoms with E-state index in [9.17, 15) is 9.59 Å². The Hall–Kier alpha value is -2.34. The minimum Gasteiger partial charge on any atom is -0.333 e. The first-order valence-corrected chi connectivity index (χ1v) is 7.75. The van der Waals surface area contributed by atoms with Gasteiger partial charge in [-0.1, -0.05) is 12.1 Å². The fourth-order valence-corrected chi connectivity index (χ4v) is 2.40. The zero-order valence-electron chi connectivity index (χ0n) is 12.8. The molecule has 0 radical (unpaired) electrons. The number of anilines is 2. The Balaban J connectivity index is 2.01. The van der Waals surface area contributed by atoms with Crippen LogP contribution in [0.25, 0.3) is 0 Å². The molecule has 0 aliphatic rings. The lowest BCUT2D eigenvalue weighted by atomic mass is 10.1. The minimum atomic E-state index is -0.310. The van der Waals surface area contributed by atoms with E-state index in [1.807, 2.05) is 32.2 Å². The van der Waals surface area contributed by atoms with E-state index in [0.717, 1.165) is 0 Å². The van der Waals surface area contributed by atoms with Gasteiger partial charge in [-0.15, -0.1) is 11.3 Å². The molecule has 1 aromatic heterocycles. The van der Waals surface area contributed by atoms with Crippen LogP contribution in [0.4, 0.5) is 16.2 Å². The maximum absolute atomic E-state index is 12.0. The van der Waals surface area contributed by atoms with E-state index in [-0.39, 0.29) is 17.5 Å². The van der Waals surface area contributed by atoms with Gasteiger partial charge in [0.05, 0.1) is 4.88 Å². The van der Waals surface area contributed by atoms with Crippen molar-refractivity contribution >= 4 is 34.6 Å². The summed E-state index contributed by atoms with van der Waals surface area (Å²) in [6.07, 6.45) is 0. The van der Waals surface area contributed by atoms with Gasteiger partial charge in [0.25, 0.3) is 5.91 Å². The van der Waals surface area contributed by atoms with E-state index in [2.05, 4.69) is 16.0 Å². The summed E-state index contributed by atoms with van der Waals surface area (Å²) in [4.78, 5) is 24.5. The van der Waals surface area contributed by atoms with Crippen molar-refractivity contribution in [1.82, 2.24) is 5.32 Å². The van der Waals surface area contributed by atoms with Crippen LogP contribution in [0.2, 0.25) is 0 Å². The van der Waals surface area contributed by atoms with Crippen LogP contribution in [-0.2, 0) is 0 Å². The minimum absolute atomic E-state index is 0.161. The van der Waals surface area contributed by atoms with Crippen molar-refractivity contribution in [1.29, 1.82) is 0 Å². The molecule has 0 saturated heterocycles. The molecule has 0 unspecified atom stereocenters. The van der Waals surface area contributed by atoms with Gasteiger partial charge in [-0.05, 0) is 50.4 Å². The number of rotatable bonds is 3. The van der Waals surface area contributed by atoms with Gasteiger partial charge in [0.15, 0.2) is 0 Å². The van der Waals surface area contributed by atoms with Gasteiger partial charge in [-0.2, -0.15) is 0 Å². The highest BCUT2D eigenvalue weighted by atomic mass is 32.1. The predicted octanol–water partition coefficient (Wildman–Crippen LogP) is 3.92. The summed E-state index contributed by atoms with van der Waals surface area (Å²) in [6, 6.07) is 10.3. The first-order valence-electron chi connectivity index (χ1n) is 6.87. The Bertz CT molecular complexity index is 660. The van der Waals surface area contributed by atoms with Gasteiger partial charge >= 0.3 is 6.03 Å². The molecule has 116 valence electrons. The van der Waals surface area contributed by atoms with E-state index in [0.29, 0.717) is 16.3 Å². The molecule has 0 bridgehead atoms. The third-order valence-corrected chi connectivity index (χ3v) is 3.48. The Kier molecular flexibility index (Phi) is 4.82. The summed E-state index contributed by atoms with van der Waals surface area (Å²) in [5, 5.41) is 10.2. The van der Waals surface area contributed by atoms with Gasteiger partial charge in [0.1, 0.15) is 0 Å². The SMILES string of the molecule is CC(C)(C)NC(=O)Nc1cccc(NC(=O)c2cccs2)c1. The molecular weight excluding hydrogens is 298 g/mol. The Morgan fingerprint density at radius 2 is 1.68 bits per heavy atom. The topological polar surface area (TPSA) is 70.2 Å². The molecule has 3 amide bonds. The largest absolute Gasteiger partial charge is 0.333 e. The zero-order chi connectivity index (χ0) is 16.2. The standard InChI is InChI=1S/C16H19N3O2S/c1-16(2,3)19-15(21)18-12-7-4-6-11(10-12)17-14(20)13-8-5-9-22-13/h4-10H,1-3H3,(H,17,20)(H2,18,19,21). The smallest absolute Gasteiger partial charge is 0.319 e. The second kappa shape index (κ2) is 6.62. The third kappa shape index (κ3) is 4.89. The number of hydrogen-bond donors (Lipinski definition) is 3. The van der Waals surface area contributed by atoms with Gasteiger partial charge in [-0.3, -0.25) is 4.79 Å². The number of urea groups is 1.